The molecule has 0 N–H and O–H groups in total. The number of halogens is 1. The summed E-state index contributed by atoms with van der Waals surface area (Å²) in [5.41, 5.74) is 2.53. The monoisotopic (exact) mass is 349 g/mol. The Balaban J connectivity index is 2.12. The van der Waals surface area contributed by atoms with E-state index in [1.165, 1.54) is 7.11 Å². The first-order valence-electron chi connectivity index (χ1n) is 6.45. The molecule has 5 heteroatoms. The first-order chi connectivity index (χ1) is 10.1. The Labute approximate surface area is 132 Å². The third-order valence-corrected chi connectivity index (χ3v) is 3.46. The largest absolute Gasteiger partial charge is 0.496 e. The molecule has 1 aromatic heterocycles. The molecule has 0 spiro atoms. The van der Waals surface area contributed by atoms with Crippen LogP contribution in [0.15, 0.2) is 36.5 Å². The van der Waals surface area contributed by atoms with Crippen LogP contribution in [-0.2, 0) is 6.61 Å². The Hall–Kier alpha value is -1.88. The second-order valence-corrected chi connectivity index (χ2v) is 5.09. The van der Waals surface area contributed by atoms with Gasteiger partial charge in [0.05, 0.1) is 23.7 Å². The summed E-state index contributed by atoms with van der Waals surface area (Å²) >= 11 is 3.16. The first kappa shape index (κ1) is 15.5. The highest BCUT2D eigenvalue weighted by Crippen LogP contribution is 2.26. The number of carbonyl (C=O) groups is 1. The number of carbonyl (C=O) groups excluding carboxylic acids is 1. The van der Waals surface area contributed by atoms with Crippen LogP contribution < -0.4 is 9.47 Å². The van der Waals surface area contributed by atoms with Gasteiger partial charge < -0.3 is 9.47 Å². The second kappa shape index (κ2) is 7.22. The highest BCUT2D eigenvalue weighted by molar-refractivity contribution is 9.09. The lowest BCUT2D eigenvalue weighted by Crippen LogP contribution is -2.04. The van der Waals surface area contributed by atoms with Gasteiger partial charge in [-0.15, -0.1) is 0 Å². The standard InChI is InChI=1S/C16H16BrNO3/c1-11-5-6-18-12(7-11)10-21-13-3-4-14(15(19)9-17)16(8-13)20-2/h3-8H,9-10H2,1-2H3. The molecule has 0 bridgehead atoms. The zero-order valence-corrected chi connectivity index (χ0v) is 13.5. The zero-order chi connectivity index (χ0) is 15.2. The zero-order valence-electron chi connectivity index (χ0n) is 11.9. The Kier molecular flexibility index (Phi) is 5.33. The molecule has 0 fully saturated rings. The number of methoxy groups -OCH3 is 1. The van der Waals surface area contributed by atoms with Crippen LogP contribution in [0.4, 0.5) is 0 Å². The molecule has 0 unspecified atom stereocenters. The molecule has 0 radical (unpaired) electrons. The van der Waals surface area contributed by atoms with E-state index in [4.69, 9.17) is 9.47 Å². The van der Waals surface area contributed by atoms with E-state index in [1.54, 1.807) is 24.4 Å². The summed E-state index contributed by atoms with van der Waals surface area (Å²) in [6.45, 7) is 2.38. The molecule has 0 aliphatic rings. The number of ketones is 1. The molecule has 2 rings (SSSR count). The first-order valence-corrected chi connectivity index (χ1v) is 7.57. The number of rotatable bonds is 6. The molecule has 0 saturated heterocycles. The van der Waals surface area contributed by atoms with Gasteiger partial charge >= 0.3 is 0 Å². The van der Waals surface area contributed by atoms with E-state index in [0.29, 0.717) is 23.7 Å². The number of benzene rings is 1. The fourth-order valence-electron chi connectivity index (χ4n) is 1.90. The van der Waals surface area contributed by atoms with E-state index >= 15 is 0 Å². The number of hydrogen-bond acceptors (Lipinski definition) is 4. The lowest BCUT2D eigenvalue weighted by Gasteiger charge is -2.10. The van der Waals surface area contributed by atoms with Crippen LogP contribution in [0.3, 0.4) is 0 Å². The number of pyridine rings is 1. The van der Waals surface area contributed by atoms with Gasteiger partial charge in [-0.1, -0.05) is 15.9 Å². The fourth-order valence-corrected chi connectivity index (χ4v) is 2.20. The third-order valence-electron chi connectivity index (χ3n) is 2.95. The molecule has 0 aliphatic carbocycles. The molecule has 4 nitrogen and oxygen atoms in total. The van der Waals surface area contributed by atoms with Gasteiger partial charge in [0.1, 0.15) is 18.1 Å². The Morgan fingerprint density at radius 2 is 2.10 bits per heavy atom. The number of aromatic nitrogens is 1. The van der Waals surface area contributed by atoms with Crippen molar-refractivity contribution in [3.63, 3.8) is 0 Å². The smallest absolute Gasteiger partial charge is 0.177 e. The third kappa shape index (κ3) is 4.04. The minimum Gasteiger partial charge on any atom is -0.496 e. The molecule has 0 saturated carbocycles. The van der Waals surface area contributed by atoms with Gasteiger partial charge in [-0.25, -0.2) is 0 Å². The van der Waals surface area contributed by atoms with Crippen molar-refractivity contribution in [2.24, 2.45) is 0 Å². The minimum atomic E-state index is -0.0289. The van der Waals surface area contributed by atoms with Crippen LogP contribution in [0, 0.1) is 6.92 Å². The van der Waals surface area contributed by atoms with Crippen LogP contribution in [0.5, 0.6) is 11.5 Å². The predicted octanol–water partition coefficient (Wildman–Crippen LogP) is 3.56. The number of aryl methyl sites for hydroxylation is 1. The van der Waals surface area contributed by atoms with E-state index in [9.17, 15) is 4.79 Å². The second-order valence-electron chi connectivity index (χ2n) is 4.53. The Morgan fingerprint density at radius 3 is 2.76 bits per heavy atom. The summed E-state index contributed by atoms with van der Waals surface area (Å²) in [5.74, 6) is 1.12. The highest BCUT2D eigenvalue weighted by atomic mass is 79.9. The molecule has 0 atom stereocenters. The number of nitrogens with zero attached hydrogens (tertiary/aromatic N) is 1. The van der Waals surface area contributed by atoms with E-state index in [2.05, 4.69) is 20.9 Å². The van der Waals surface area contributed by atoms with Gasteiger partial charge in [-0.05, 0) is 36.8 Å². The van der Waals surface area contributed by atoms with Gasteiger partial charge in [0, 0.05) is 12.3 Å². The summed E-state index contributed by atoms with van der Waals surface area (Å²) in [7, 11) is 1.53. The minimum absolute atomic E-state index is 0.0289. The number of hydrogen-bond donors (Lipinski definition) is 0. The Morgan fingerprint density at radius 1 is 1.29 bits per heavy atom. The van der Waals surface area contributed by atoms with E-state index in [1.807, 2.05) is 19.1 Å². The summed E-state index contributed by atoms with van der Waals surface area (Å²) < 4.78 is 10.9. The number of Topliss-reactive ketones (excluding diaryl/α,β-unsaturated/α-hetero) is 1. The van der Waals surface area contributed by atoms with Crippen molar-refractivity contribution < 1.29 is 14.3 Å². The quantitative estimate of drug-likeness (QED) is 0.591. The van der Waals surface area contributed by atoms with Crippen LogP contribution in [0.2, 0.25) is 0 Å². The topological polar surface area (TPSA) is 48.4 Å². The summed E-state index contributed by atoms with van der Waals surface area (Å²) in [5, 5.41) is 0.261. The number of alkyl halides is 1. The van der Waals surface area contributed by atoms with Gasteiger partial charge in [0.15, 0.2) is 5.78 Å². The SMILES string of the molecule is COc1cc(OCc2cc(C)ccn2)ccc1C(=O)CBr. The molecule has 0 amide bonds. The van der Waals surface area contributed by atoms with Crippen LogP contribution in [0.1, 0.15) is 21.6 Å². The van der Waals surface area contributed by atoms with Crippen molar-refractivity contribution in [3.8, 4) is 11.5 Å². The van der Waals surface area contributed by atoms with Gasteiger partial charge in [-0.3, -0.25) is 9.78 Å². The summed E-state index contributed by atoms with van der Waals surface area (Å²) in [6, 6.07) is 9.09. The van der Waals surface area contributed by atoms with Crippen molar-refractivity contribution in [3.05, 3.63) is 53.3 Å². The Bertz CT molecular complexity index is 643. The molecular weight excluding hydrogens is 334 g/mol. The summed E-state index contributed by atoms with van der Waals surface area (Å²) in [6.07, 6.45) is 1.76. The van der Waals surface area contributed by atoms with E-state index in [-0.39, 0.29) is 11.1 Å². The average molecular weight is 350 g/mol. The average Bonchev–Trinajstić information content (AvgIpc) is 2.52. The molecule has 0 aliphatic heterocycles. The van der Waals surface area contributed by atoms with E-state index in [0.717, 1.165) is 11.3 Å². The lowest BCUT2D eigenvalue weighted by molar-refractivity contribution is 0.102. The maximum atomic E-state index is 11.7. The van der Waals surface area contributed by atoms with Crippen LogP contribution in [0.25, 0.3) is 0 Å². The van der Waals surface area contributed by atoms with Crippen LogP contribution in [-0.4, -0.2) is 23.2 Å². The van der Waals surface area contributed by atoms with Crippen LogP contribution >= 0.6 is 15.9 Å². The van der Waals surface area contributed by atoms with Crippen molar-refractivity contribution in [2.75, 3.05) is 12.4 Å². The van der Waals surface area contributed by atoms with Gasteiger partial charge in [0.2, 0.25) is 0 Å². The summed E-state index contributed by atoms with van der Waals surface area (Å²) in [4.78, 5) is 16.0. The van der Waals surface area contributed by atoms with Crippen molar-refractivity contribution in [2.45, 2.75) is 13.5 Å². The van der Waals surface area contributed by atoms with Crippen molar-refractivity contribution in [1.82, 2.24) is 4.98 Å². The molecule has 1 heterocycles. The maximum absolute atomic E-state index is 11.7. The molecule has 110 valence electrons. The molecular formula is C16H16BrNO3. The number of ether oxygens (including phenoxy) is 2. The predicted molar refractivity (Wildman–Crippen MR) is 84.4 cm³/mol. The lowest BCUT2D eigenvalue weighted by atomic mass is 10.1. The molecule has 21 heavy (non-hydrogen) atoms. The molecule has 2 aromatic rings. The van der Waals surface area contributed by atoms with Crippen molar-refractivity contribution >= 4 is 21.7 Å². The normalized spacial score (nSPS) is 10.2. The van der Waals surface area contributed by atoms with Gasteiger partial charge in [-0.2, -0.15) is 0 Å². The fraction of sp³-hybridized carbons (Fsp3) is 0.250. The molecule has 1 aromatic carbocycles. The van der Waals surface area contributed by atoms with Gasteiger partial charge in [0.25, 0.3) is 0 Å². The van der Waals surface area contributed by atoms with E-state index < -0.39 is 0 Å². The maximum Gasteiger partial charge on any atom is 0.177 e. The van der Waals surface area contributed by atoms with Crippen molar-refractivity contribution in [1.29, 1.82) is 0 Å². The highest BCUT2D eigenvalue weighted by Gasteiger charge is 2.12.